The van der Waals surface area contributed by atoms with Gasteiger partial charge in [-0.25, -0.2) is 9.18 Å². The van der Waals surface area contributed by atoms with Crippen LogP contribution in [0.4, 0.5) is 13.2 Å². The third-order valence-electron chi connectivity index (χ3n) is 1.81. The molecule has 15 heavy (non-hydrogen) atoms. The maximum Gasteiger partial charge on any atom is 0.339 e. The van der Waals surface area contributed by atoms with E-state index >= 15 is 0 Å². The lowest BCUT2D eigenvalue weighted by molar-refractivity contribution is -0.173. The Balaban J connectivity index is 3.05. The summed E-state index contributed by atoms with van der Waals surface area (Å²) in [5.41, 5.74) is -0.751. The molecule has 0 saturated carbocycles. The lowest BCUT2D eigenvalue weighted by atomic mass is 10.0. The number of aliphatic hydroxyl groups is 1. The molecule has 82 valence electrons. The van der Waals surface area contributed by atoms with Gasteiger partial charge < -0.3 is 10.2 Å². The Morgan fingerprint density at radius 3 is 2.13 bits per heavy atom. The van der Waals surface area contributed by atoms with Crippen molar-refractivity contribution in [2.24, 2.45) is 0 Å². The third kappa shape index (κ3) is 2.27. The highest BCUT2D eigenvalue weighted by atomic mass is 19.3. The first kappa shape index (κ1) is 11.5. The molecule has 2 N–H and O–H groups in total. The smallest absolute Gasteiger partial charge is 0.339 e. The van der Waals surface area contributed by atoms with Crippen LogP contribution in [0.25, 0.3) is 0 Å². The number of halogens is 3. The fraction of sp³-hybridized carbons (Fsp3) is 0.222. The van der Waals surface area contributed by atoms with E-state index in [4.69, 9.17) is 10.2 Å². The number of carbonyl (C=O) groups is 1. The lowest BCUT2D eigenvalue weighted by Gasteiger charge is -2.19. The molecule has 0 unspecified atom stereocenters. The van der Waals surface area contributed by atoms with E-state index < -0.39 is 29.4 Å². The second-order valence-electron chi connectivity index (χ2n) is 2.87. The van der Waals surface area contributed by atoms with Gasteiger partial charge in [0.1, 0.15) is 5.82 Å². The van der Waals surface area contributed by atoms with Crippen LogP contribution >= 0.6 is 0 Å². The van der Waals surface area contributed by atoms with Crippen molar-refractivity contribution in [1.82, 2.24) is 0 Å². The van der Waals surface area contributed by atoms with Crippen LogP contribution in [-0.4, -0.2) is 22.3 Å². The van der Waals surface area contributed by atoms with Crippen LogP contribution in [0.1, 0.15) is 5.56 Å². The van der Waals surface area contributed by atoms with Gasteiger partial charge in [-0.15, -0.1) is 0 Å². The molecule has 0 bridgehead atoms. The number of aliphatic carboxylic acids is 1. The predicted molar refractivity (Wildman–Crippen MR) is 43.9 cm³/mol. The Hall–Kier alpha value is -1.56. The molecule has 1 rings (SSSR count). The van der Waals surface area contributed by atoms with E-state index in [0.29, 0.717) is 0 Å². The van der Waals surface area contributed by atoms with Crippen molar-refractivity contribution in [3.63, 3.8) is 0 Å². The van der Waals surface area contributed by atoms with E-state index in [0.717, 1.165) is 24.3 Å². The van der Waals surface area contributed by atoms with Gasteiger partial charge in [0.25, 0.3) is 0 Å². The van der Waals surface area contributed by atoms with Crippen LogP contribution in [0.3, 0.4) is 0 Å². The Bertz CT molecular complexity index is 361. The summed E-state index contributed by atoms with van der Waals surface area (Å²) in [4.78, 5) is 10.2. The summed E-state index contributed by atoms with van der Waals surface area (Å²) in [6.07, 6.45) is -2.84. The van der Waals surface area contributed by atoms with Gasteiger partial charge in [0.05, 0.1) is 0 Å². The largest absolute Gasteiger partial charge is 0.479 e. The number of hydrogen-bond acceptors (Lipinski definition) is 2. The van der Waals surface area contributed by atoms with Gasteiger partial charge in [-0.2, -0.15) is 8.78 Å². The molecule has 0 radical (unpaired) electrons. The first-order valence-corrected chi connectivity index (χ1v) is 3.90. The number of aliphatic hydroxyl groups excluding tert-OH is 1. The second kappa shape index (κ2) is 3.90. The minimum absolute atomic E-state index is 0.723. The van der Waals surface area contributed by atoms with Crippen LogP contribution in [-0.2, 0) is 10.7 Å². The first-order valence-electron chi connectivity index (χ1n) is 3.90. The number of alkyl halides is 2. The minimum Gasteiger partial charge on any atom is -0.479 e. The van der Waals surface area contributed by atoms with Crippen LogP contribution in [0.5, 0.6) is 0 Å². The Morgan fingerprint density at radius 2 is 1.73 bits per heavy atom. The van der Waals surface area contributed by atoms with Crippen molar-refractivity contribution < 1.29 is 28.2 Å². The number of carboxylic acid groups (broad SMARTS) is 1. The fourth-order valence-corrected chi connectivity index (χ4v) is 0.985. The molecule has 0 aliphatic carbocycles. The first-order chi connectivity index (χ1) is 6.85. The van der Waals surface area contributed by atoms with Crippen molar-refractivity contribution >= 4 is 5.97 Å². The lowest BCUT2D eigenvalue weighted by Crippen LogP contribution is -2.37. The van der Waals surface area contributed by atoms with Crippen molar-refractivity contribution in [2.75, 3.05) is 0 Å². The van der Waals surface area contributed by atoms with E-state index in [9.17, 15) is 18.0 Å². The van der Waals surface area contributed by atoms with Gasteiger partial charge >= 0.3 is 11.9 Å². The highest BCUT2D eigenvalue weighted by Gasteiger charge is 2.45. The summed E-state index contributed by atoms with van der Waals surface area (Å²) in [6, 6.07) is 2.97. The Kier molecular flexibility index (Phi) is 2.99. The second-order valence-corrected chi connectivity index (χ2v) is 2.87. The van der Waals surface area contributed by atoms with Crippen LogP contribution in [0.2, 0.25) is 0 Å². The fourth-order valence-electron chi connectivity index (χ4n) is 0.985. The molecule has 1 aromatic carbocycles. The van der Waals surface area contributed by atoms with Gasteiger partial charge in [0.2, 0.25) is 6.10 Å². The van der Waals surface area contributed by atoms with Gasteiger partial charge in [0, 0.05) is 5.56 Å². The number of rotatable bonds is 3. The Morgan fingerprint density at radius 1 is 1.27 bits per heavy atom. The zero-order valence-corrected chi connectivity index (χ0v) is 7.32. The summed E-state index contributed by atoms with van der Waals surface area (Å²) < 4.78 is 38.8. The number of benzene rings is 1. The molecule has 3 nitrogen and oxygen atoms in total. The predicted octanol–water partition coefficient (Wildman–Crippen LogP) is 1.36. The van der Waals surface area contributed by atoms with Crippen LogP contribution in [0, 0.1) is 5.82 Å². The standard InChI is InChI=1S/C9H7F3O3/c10-6-3-1-5(2-4-6)9(11,12)7(13)8(14)15/h1-4,7,13H,(H,14,15)/t7-/m1/s1. The summed E-state index contributed by atoms with van der Waals surface area (Å²) in [7, 11) is 0. The van der Waals surface area contributed by atoms with Gasteiger partial charge in [-0.3, -0.25) is 0 Å². The normalized spacial score (nSPS) is 13.6. The summed E-state index contributed by atoms with van der Waals surface area (Å²) >= 11 is 0. The SMILES string of the molecule is O=C(O)[C@@H](O)C(F)(F)c1ccc(F)cc1. The van der Waals surface area contributed by atoms with Crippen molar-refractivity contribution in [1.29, 1.82) is 0 Å². The quantitative estimate of drug-likeness (QED) is 0.808. The molecule has 1 aromatic rings. The monoisotopic (exact) mass is 220 g/mol. The summed E-state index contributed by atoms with van der Waals surface area (Å²) in [5.74, 6) is -6.71. The zero-order chi connectivity index (χ0) is 11.6. The van der Waals surface area contributed by atoms with Crippen molar-refractivity contribution in [3.8, 4) is 0 Å². The molecule has 0 heterocycles. The van der Waals surface area contributed by atoms with E-state index in [-0.39, 0.29) is 0 Å². The Labute approximate surface area is 82.8 Å². The van der Waals surface area contributed by atoms with E-state index in [1.54, 1.807) is 0 Å². The number of carboxylic acids is 1. The van der Waals surface area contributed by atoms with Gasteiger partial charge in [-0.1, -0.05) is 12.1 Å². The maximum absolute atomic E-state index is 13.2. The van der Waals surface area contributed by atoms with Gasteiger partial charge in [-0.05, 0) is 12.1 Å². The average Bonchev–Trinajstić information content (AvgIpc) is 2.17. The molecular weight excluding hydrogens is 213 g/mol. The molecule has 1 atom stereocenters. The van der Waals surface area contributed by atoms with E-state index in [1.165, 1.54) is 0 Å². The molecule has 0 aliphatic heterocycles. The average molecular weight is 220 g/mol. The maximum atomic E-state index is 13.2. The molecule has 0 fully saturated rings. The third-order valence-corrected chi connectivity index (χ3v) is 1.81. The van der Waals surface area contributed by atoms with Crippen molar-refractivity contribution in [3.05, 3.63) is 35.6 Å². The molecular formula is C9H7F3O3. The topological polar surface area (TPSA) is 57.5 Å². The molecule has 0 amide bonds. The highest BCUT2D eigenvalue weighted by Crippen LogP contribution is 2.31. The van der Waals surface area contributed by atoms with Crippen LogP contribution < -0.4 is 0 Å². The summed E-state index contributed by atoms with van der Waals surface area (Å²) in [6.45, 7) is 0. The number of hydrogen-bond donors (Lipinski definition) is 2. The van der Waals surface area contributed by atoms with E-state index in [1.807, 2.05) is 0 Å². The summed E-state index contributed by atoms with van der Waals surface area (Å²) in [5, 5.41) is 17.0. The van der Waals surface area contributed by atoms with Crippen LogP contribution in [0.15, 0.2) is 24.3 Å². The molecule has 0 aliphatic rings. The minimum atomic E-state index is -3.94. The molecule has 0 saturated heterocycles. The van der Waals surface area contributed by atoms with Crippen molar-refractivity contribution in [2.45, 2.75) is 12.0 Å². The van der Waals surface area contributed by atoms with E-state index in [2.05, 4.69) is 0 Å². The van der Waals surface area contributed by atoms with Gasteiger partial charge in [0.15, 0.2) is 0 Å². The highest BCUT2D eigenvalue weighted by molar-refractivity contribution is 5.73. The molecule has 0 aromatic heterocycles. The molecule has 0 spiro atoms. The molecule has 6 heteroatoms. The zero-order valence-electron chi connectivity index (χ0n) is 7.32.